The van der Waals surface area contributed by atoms with Crippen molar-refractivity contribution in [3.63, 3.8) is 0 Å². The van der Waals surface area contributed by atoms with Crippen LogP contribution in [0.15, 0.2) is 0 Å². The fourth-order valence-corrected chi connectivity index (χ4v) is 2.56. The monoisotopic (exact) mass is 302 g/mol. The van der Waals surface area contributed by atoms with Crippen LogP contribution in [0.25, 0.3) is 0 Å². The van der Waals surface area contributed by atoms with E-state index in [2.05, 4.69) is 0 Å². The van der Waals surface area contributed by atoms with Gasteiger partial charge in [0, 0.05) is 0 Å². The van der Waals surface area contributed by atoms with E-state index < -0.39 is 49.9 Å². The van der Waals surface area contributed by atoms with E-state index in [1.807, 2.05) is 0 Å². The van der Waals surface area contributed by atoms with E-state index in [4.69, 9.17) is 5.11 Å². The molecule has 1 atom stereocenters. The van der Waals surface area contributed by atoms with Gasteiger partial charge in [-0.05, 0) is 13.8 Å². The van der Waals surface area contributed by atoms with Gasteiger partial charge in [-0.25, -0.2) is 0 Å². The second-order valence-electron chi connectivity index (χ2n) is 3.71. The zero-order valence-electron chi connectivity index (χ0n) is 10.1. The lowest BCUT2D eigenvalue weighted by atomic mass is 10.2. The Bertz CT molecular complexity index is 505. The number of rotatable bonds is 4. The SMILES string of the molecule is CC[N+](CC)(c1c(F)c(F)c(O)c(F)c1F)S(=O)O. The number of halogens is 4. The molecule has 0 bridgehead atoms. The topological polar surface area (TPSA) is 57.5 Å². The third-order valence-corrected chi connectivity index (χ3v) is 4.24. The lowest BCUT2D eigenvalue weighted by Gasteiger charge is -2.30. The molecule has 0 aliphatic carbocycles. The van der Waals surface area contributed by atoms with Crippen LogP contribution < -0.4 is 3.89 Å². The van der Waals surface area contributed by atoms with Gasteiger partial charge in [0.05, 0.1) is 13.1 Å². The maximum Gasteiger partial charge on any atom is 0.364 e. The second kappa shape index (κ2) is 5.43. The molecule has 9 heteroatoms. The lowest BCUT2D eigenvalue weighted by molar-refractivity contribution is 0.333. The number of quaternary nitrogens is 1. The number of hydrogen-bond acceptors (Lipinski definition) is 2. The zero-order chi connectivity index (χ0) is 15.0. The van der Waals surface area contributed by atoms with Gasteiger partial charge in [0.2, 0.25) is 29.0 Å². The predicted octanol–water partition coefficient (Wildman–Crippen LogP) is 2.43. The lowest BCUT2D eigenvalue weighted by Crippen LogP contribution is -2.51. The van der Waals surface area contributed by atoms with Crippen LogP contribution in [-0.4, -0.2) is 27.0 Å². The summed E-state index contributed by atoms with van der Waals surface area (Å²) in [6, 6.07) is 0. The number of phenolic OH excluding ortho intramolecular Hbond substituents is 1. The fraction of sp³-hybridized carbons (Fsp3) is 0.400. The second-order valence-corrected chi connectivity index (χ2v) is 4.87. The average Bonchev–Trinajstić information content (AvgIpc) is 2.39. The van der Waals surface area contributed by atoms with Gasteiger partial charge >= 0.3 is 11.3 Å². The standard InChI is InChI=1S/C10H11F4NO3S/c1-3-15(4-2,19(17)18)9-5(11)7(13)10(16)8(14)6(9)12/h3-4H2,1-2H3,(H-,16,17,18)/p+1. The van der Waals surface area contributed by atoms with Gasteiger partial charge in [0.25, 0.3) is 0 Å². The first kappa shape index (κ1) is 15.9. The fourth-order valence-electron chi connectivity index (χ4n) is 1.81. The van der Waals surface area contributed by atoms with Crippen LogP contribution in [0.5, 0.6) is 5.75 Å². The summed E-state index contributed by atoms with van der Waals surface area (Å²) in [7, 11) is 0. The third kappa shape index (κ3) is 2.21. The first-order valence-electron chi connectivity index (χ1n) is 5.28. The number of benzene rings is 1. The third-order valence-electron chi connectivity index (χ3n) is 2.95. The smallest absolute Gasteiger partial charge is 0.364 e. The quantitative estimate of drug-likeness (QED) is 0.389. The highest BCUT2D eigenvalue weighted by Gasteiger charge is 2.44. The van der Waals surface area contributed by atoms with Crippen molar-refractivity contribution < 1.29 is 31.4 Å². The molecule has 4 nitrogen and oxygen atoms in total. The first-order valence-corrected chi connectivity index (χ1v) is 6.35. The number of nitrogens with zero attached hydrogens (tertiary/aromatic N) is 1. The normalized spacial score (nSPS) is 13.6. The molecule has 0 heterocycles. The summed E-state index contributed by atoms with van der Waals surface area (Å²) in [4.78, 5) is 0. The molecule has 2 N–H and O–H groups in total. The van der Waals surface area contributed by atoms with Crippen LogP contribution in [0.3, 0.4) is 0 Å². The summed E-state index contributed by atoms with van der Waals surface area (Å²) in [5.41, 5.74) is -1.22. The Labute approximate surface area is 109 Å². The molecule has 0 radical (unpaired) electrons. The molecule has 0 saturated heterocycles. The van der Waals surface area contributed by atoms with Crippen LogP contribution in [0.2, 0.25) is 0 Å². The summed E-state index contributed by atoms with van der Waals surface area (Å²) < 4.78 is 73.4. The van der Waals surface area contributed by atoms with Crippen molar-refractivity contribution in [2.45, 2.75) is 13.8 Å². The molecule has 0 aliphatic rings. The van der Waals surface area contributed by atoms with Gasteiger partial charge in [-0.1, -0.05) is 0 Å². The largest absolute Gasteiger partial charge is 0.503 e. The molecule has 0 saturated carbocycles. The summed E-state index contributed by atoms with van der Waals surface area (Å²) in [5.74, 6) is -9.56. The van der Waals surface area contributed by atoms with E-state index in [0.717, 1.165) is 0 Å². The molecule has 19 heavy (non-hydrogen) atoms. The van der Waals surface area contributed by atoms with Gasteiger partial charge < -0.3 is 5.11 Å². The molecule has 1 rings (SSSR count). The zero-order valence-corrected chi connectivity index (χ0v) is 10.9. The van der Waals surface area contributed by atoms with Crippen molar-refractivity contribution in [3.05, 3.63) is 23.3 Å². The minimum Gasteiger partial charge on any atom is -0.503 e. The maximum absolute atomic E-state index is 13.7. The highest BCUT2D eigenvalue weighted by atomic mass is 32.2. The Morgan fingerprint density at radius 2 is 1.37 bits per heavy atom. The maximum atomic E-state index is 13.7. The first-order chi connectivity index (χ1) is 8.74. The van der Waals surface area contributed by atoms with E-state index in [9.17, 15) is 26.3 Å². The summed E-state index contributed by atoms with van der Waals surface area (Å²) in [6.45, 7) is 2.10. The van der Waals surface area contributed by atoms with Crippen molar-refractivity contribution >= 4 is 17.0 Å². The molecule has 0 fully saturated rings. The van der Waals surface area contributed by atoms with E-state index in [-0.39, 0.29) is 13.1 Å². The number of phenols is 1. The van der Waals surface area contributed by atoms with Crippen LogP contribution in [0.1, 0.15) is 13.8 Å². The molecule has 1 aromatic rings. The van der Waals surface area contributed by atoms with Gasteiger partial charge in [-0.15, -0.1) is 0 Å². The van der Waals surface area contributed by atoms with Gasteiger partial charge in [0.15, 0.2) is 5.75 Å². The Morgan fingerprint density at radius 1 is 1.00 bits per heavy atom. The molecular weight excluding hydrogens is 290 g/mol. The minimum atomic E-state index is -2.81. The summed E-state index contributed by atoms with van der Waals surface area (Å²) in [5, 5.41) is 8.87. The molecule has 0 aliphatic heterocycles. The van der Waals surface area contributed by atoms with Crippen molar-refractivity contribution in [3.8, 4) is 5.75 Å². The van der Waals surface area contributed by atoms with Gasteiger partial charge in [-0.2, -0.15) is 25.7 Å². The molecule has 0 aromatic heterocycles. The minimum absolute atomic E-state index is 0.281. The summed E-state index contributed by atoms with van der Waals surface area (Å²) >= 11 is -2.81. The highest BCUT2D eigenvalue weighted by Crippen LogP contribution is 2.38. The Kier molecular flexibility index (Phi) is 4.54. The Balaban J connectivity index is 3.81. The van der Waals surface area contributed by atoms with Crippen molar-refractivity contribution in [2.24, 2.45) is 0 Å². The Hall–Kier alpha value is -1.19. The van der Waals surface area contributed by atoms with E-state index in [1.165, 1.54) is 13.8 Å². The van der Waals surface area contributed by atoms with Crippen molar-refractivity contribution in [1.29, 1.82) is 0 Å². The van der Waals surface area contributed by atoms with Crippen LogP contribution >= 0.6 is 0 Å². The van der Waals surface area contributed by atoms with Gasteiger partial charge in [0.1, 0.15) is 0 Å². The number of hydrogen-bond donors (Lipinski definition) is 2. The molecule has 1 unspecified atom stereocenters. The van der Waals surface area contributed by atoms with Crippen LogP contribution in [0.4, 0.5) is 23.2 Å². The highest BCUT2D eigenvalue weighted by molar-refractivity contribution is 7.78. The van der Waals surface area contributed by atoms with E-state index >= 15 is 0 Å². The number of aromatic hydroxyl groups is 1. The summed E-state index contributed by atoms with van der Waals surface area (Å²) in [6.07, 6.45) is 0. The molecular formula is C10H12F4NO3S+. The van der Waals surface area contributed by atoms with Crippen molar-refractivity contribution in [1.82, 2.24) is 3.89 Å². The predicted molar refractivity (Wildman–Crippen MR) is 61.6 cm³/mol. The molecule has 0 spiro atoms. The van der Waals surface area contributed by atoms with Gasteiger partial charge in [-0.3, -0.25) is 4.55 Å². The van der Waals surface area contributed by atoms with Crippen LogP contribution in [-0.2, 0) is 11.3 Å². The molecule has 108 valence electrons. The van der Waals surface area contributed by atoms with Crippen molar-refractivity contribution in [2.75, 3.05) is 13.1 Å². The molecule has 1 aromatic carbocycles. The van der Waals surface area contributed by atoms with Crippen LogP contribution in [0, 0.1) is 23.3 Å². The van der Waals surface area contributed by atoms with E-state index in [0.29, 0.717) is 0 Å². The Morgan fingerprint density at radius 3 is 1.63 bits per heavy atom. The van der Waals surface area contributed by atoms with E-state index in [1.54, 1.807) is 0 Å². The molecule has 0 amide bonds. The average molecular weight is 302 g/mol.